The monoisotopic (exact) mass is 332 g/mol. The molecule has 2 N–H and O–H groups in total. The van der Waals surface area contributed by atoms with Crippen LogP contribution in [-0.2, 0) is 6.42 Å². The van der Waals surface area contributed by atoms with Gasteiger partial charge < -0.3 is 10.6 Å². The van der Waals surface area contributed by atoms with Gasteiger partial charge in [-0.25, -0.2) is 9.18 Å². The van der Waals surface area contributed by atoms with Crippen molar-refractivity contribution in [3.05, 3.63) is 65.5 Å². The normalized spacial score (nSPS) is 10.3. The Labute approximate surface area is 140 Å². The number of benzene rings is 2. The molecule has 0 aliphatic carbocycles. The van der Waals surface area contributed by atoms with Gasteiger partial charge in [0.2, 0.25) is 0 Å². The van der Waals surface area contributed by atoms with Crippen molar-refractivity contribution in [2.45, 2.75) is 18.2 Å². The minimum absolute atomic E-state index is 0.217. The summed E-state index contributed by atoms with van der Waals surface area (Å²) in [4.78, 5) is 12.8. The highest BCUT2D eigenvalue weighted by atomic mass is 32.2. The first-order valence-corrected chi connectivity index (χ1v) is 8.58. The van der Waals surface area contributed by atoms with Gasteiger partial charge in [0.15, 0.2) is 0 Å². The summed E-state index contributed by atoms with van der Waals surface area (Å²) < 4.78 is 13.4. The van der Waals surface area contributed by atoms with Gasteiger partial charge in [-0.1, -0.05) is 35.9 Å². The molecule has 0 heterocycles. The van der Waals surface area contributed by atoms with Crippen LogP contribution in [0.3, 0.4) is 0 Å². The van der Waals surface area contributed by atoms with Crippen molar-refractivity contribution in [2.75, 3.05) is 18.8 Å². The van der Waals surface area contributed by atoms with Crippen LogP contribution in [0, 0.1) is 12.7 Å². The molecule has 0 saturated carbocycles. The van der Waals surface area contributed by atoms with E-state index >= 15 is 0 Å². The molecule has 122 valence electrons. The summed E-state index contributed by atoms with van der Waals surface area (Å²) in [6, 6.07) is 14.7. The fraction of sp³-hybridized carbons (Fsp3) is 0.278. The van der Waals surface area contributed by atoms with E-state index in [4.69, 9.17) is 0 Å². The van der Waals surface area contributed by atoms with Gasteiger partial charge in [-0.05, 0) is 37.1 Å². The number of carbonyl (C=O) groups excluding carboxylic acids is 1. The molecule has 0 saturated heterocycles. The summed E-state index contributed by atoms with van der Waals surface area (Å²) >= 11 is 1.70. The van der Waals surface area contributed by atoms with Gasteiger partial charge in [-0.15, -0.1) is 11.8 Å². The lowest BCUT2D eigenvalue weighted by atomic mass is 10.1. The van der Waals surface area contributed by atoms with Crippen LogP contribution in [0.25, 0.3) is 0 Å². The van der Waals surface area contributed by atoms with Crippen molar-refractivity contribution < 1.29 is 9.18 Å². The molecule has 2 rings (SSSR count). The minimum Gasteiger partial charge on any atom is -0.338 e. The third-order valence-electron chi connectivity index (χ3n) is 3.32. The van der Waals surface area contributed by atoms with Gasteiger partial charge >= 0.3 is 6.03 Å². The van der Waals surface area contributed by atoms with E-state index in [1.807, 2.05) is 0 Å². The Morgan fingerprint density at radius 3 is 2.48 bits per heavy atom. The summed E-state index contributed by atoms with van der Waals surface area (Å²) in [6.45, 7) is 3.06. The molecule has 0 fully saturated rings. The highest BCUT2D eigenvalue weighted by molar-refractivity contribution is 7.99. The largest absolute Gasteiger partial charge is 0.338 e. The zero-order valence-corrected chi connectivity index (χ0v) is 14.0. The molecule has 2 amide bonds. The quantitative estimate of drug-likeness (QED) is 0.599. The maximum Gasteiger partial charge on any atom is 0.314 e. The molecule has 2 aromatic carbocycles. The van der Waals surface area contributed by atoms with Crippen molar-refractivity contribution >= 4 is 17.8 Å². The lowest BCUT2D eigenvalue weighted by molar-refractivity contribution is 0.241. The van der Waals surface area contributed by atoms with Crippen LogP contribution >= 0.6 is 11.8 Å². The number of amides is 2. The second-order valence-electron chi connectivity index (χ2n) is 5.19. The Morgan fingerprint density at radius 2 is 1.74 bits per heavy atom. The molecule has 0 unspecified atom stereocenters. The molecule has 0 aromatic heterocycles. The number of thioether (sulfide) groups is 1. The summed E-state index contributed by atoms with van der Waals surface area (Å²) in [5.74, 6) is 0.577. The third kappa shape index (κ3) is 6.32. The van der Waals surface area contributed by atoms with Crippen molar-refractivity contribution in [3.63, 3.8) is 0 Å². The highest BCUT2D eigenvalue weighted by Crippen LogP contribution is 2.17. The molecule has 3 nitrogen and oxygen atoms in total. The van der Waals surface area contributed by atoms with Crippen molar-refractivity contribution in [1.82, 2.24) is 10.6 Å². The molecule has 0 atom stereocenters. The Bertz CT molecular complexity index is 631. The SMILES string of the molecule is Cc1ccc(SCCNC(=O)NCCc2ccccc2F)cc1. The topological polar surface area (TPSA) is 41.1 Å². The fourth-order valence-electron chi connectivity index (χ4n) is 2.04. The predicted octanol–water partition coefficient (Wildman–Crippen LogP) is 3.77. The molecule has 0 spiro atoms. The number of hydrogen-bond donors (Lipinski definition) is 2. The Hall–Kier alpha value is -2.01. The zero-order chi connectivity index (χ0) is 16.5. The lowest BCUT2D eigenvalue weighted by Gasteiger charge is -2.08. The van der Waals surface area contributed by atoms with Crippen LogP contribution in [0.4, 0.5) is 9.18 Å². The summed E-state index contributed by atoms with van der Waals surface area (Å²) in [7, 11) is 0. The van der Waals surface area contributed by atoms with Crippen LogP contribution in [0.1, 0.15) is 11.1 Å². The second kappa shape index (κ2) is 9.20. The molecule has 2 aromatic rings. The number of carbonyl (C=O) groups is 1. The molecule has 0 aliphatic heterocycles. The maximum atomic E-state index is 13.4. The van der Waals surface area contributed by atoms with Crippen molar-refractivity contribution in [1.29, 1.82) is 0 Å². The van der Waals surface area contributed by atoms with Gasteiger partial charge in [0, 0.05) is 23.7 Å². The number of urea groups is 1. The van der Waals surface area contributed by atoms with Crippen LogP contribution in [0.5, 0.6) is 0 Å². The van der Waals surface area contributed by atoms with Gasteiger partial charge in [-0.2, -0.15) is 0 Å². The van der Waals surface area contributed by atoms with E-state index in [1.165, 1.54) is 16.5 Å². The highest BCUT2D eigenvalue weighted by Gasteiger charge is 2.03. The molecule has 5 heteroatoms. The molecule has 23 heavy (non-hydrogen) atoms. The number of hydrogen-bond acceptors (Lipinski definition) is 2. The van der Waals surface area contributed by atoms with Gasteiger partial charge in [0.05, 0.1) is 0 Å². The van der Waals surface area contributed by atoms with E-state index in [1.54, 1.807) is 30.0 Å². The Morgan fingerprint density at radius 1 is 1.04 bits per heavy atom. The second-order valence-corrected chi connectivity index (χ2v) is 6.35. The average Bonchev–Trinajstić information content (AvgIpc) is 2.55. The molecular formula is C18H21FN2OS. The van der Waals surface area contributed by atoms with Crippen LogP contribution < -0.4 is 10.6 Å². The first-order chi connectivity index (χ1) is 11.1. The van der Waals surface area contributed by atoms with E-state index in [9.17, 15) is 9.18 Å². The van der Waals surface area contributed by atoms with E-state index in [0.717, 1.165) is 5.75 Å². The van der Waals surface area contributed by atoms with Crippen LogP contribution in [0.2, 0.25) is 0 Å². The number of aryl methyl sites for hydroxylation is 1. The standard InChI is InChI=1S/C18H21FN2OS/c1-14-6-8-16(9-7-14)23-13-12-21-18(22)20-11-10-15-4-2-3-5-17(15)19/h2-9H,10-13H2,1H3,(H2,20,21,22). The van der Waals surface area contributed by atoms with Crippen molar-refractivity contribution in [2.24, 2.45) is 0 Å². The predicted molar refractivity (Wildman–Crippen MR) is 93.4 cm³/mol. The lowest BCUT2D eigenvalue weighted by Crippen LogP contribution is -2.37. The number of nitrogens with one attached hydrogen (secondary N) is 2. The number of rotatable bonds is 7. The van der Waals surface area contributed by atoms with E-state index in [-0.39, 0.29) is 11.8 Å². The fourth-order valence-corrected chi connectivity index (χ4v) is 2.81. The van der Waals surface area contributed by atoms with Crippen LogP contribution in [0.15, 0.2) is 53.4 Å². The summed E-state index contributed by atoms with van der Waals surface area (Å²) in [5.41, 5.74) is 1.85. The first-order valence-electron chi connectivity index (χ1n) is 7.60. The first kappa shape index (κ1) is 17.3. The van der Waals surface area contributed by atoms with Gasteiger partial charge in [-0.3, -0.25) is 0 Å². The molecule has 0 aliphatic rings. The summed E-state index contributed by atoms with van der Waals surface area (Å²) in [5, 5.41) is 5.54. The average molecular weight is 332 g/mol. The zero-order valence-electron chi connectivity index (χ0n) is 13.1. The van der Waals surface area contributed by atoms with E-state index in [2.05, 4.69) is 41.8 Å². The maximum absolute atomic E-state index is 13.4. The molecular weight excluding hydrogens is 311 g/mol. The van der Waals surface area contributed by atoms with Crippen molar-refractivity contribution in [3.8, 4) is 0 Å². The van der Waals surface area contributed by atoms with Gasteiger partial charge in [0.1, 0.15) is 5.82 Å². The van der Waals surface area contributed by atoms with Crippen LogP contribution in [-0.4, -0.2) is 24.9 Å². The minimum atomic E-state index is -0.232. The number of halogens is 1. The summed E-state index contributed by atoms with van der Waals surface area (Å²) in [6.07, 6.45) is 0.484. The molecule has 0 radical (unpaired) electrons. The Balaban J connectivity index is 1.58. The Kier molecular flexibility index (Phi) is 6.94. The molecule has 0 bridgehead atoms. The third-order valence-corrected chi connectivity index (χ3v) is 4.33. The van der Waals surface area contributed by atoms with E-state index < -0.39 is 0 Å². The van der Waals surface area contributed by atoms with E-state index in [0.29, 0.717) is 25.1 Å². The smallest absolute Gasteiger partial charge is 0.314 e. The van der Waals surface area contributed by atoms with Gasteiger partial charge in [0.25, 0.3) is 0 Å².